The minimum absolute atomic E-state index is 0.106. The summed E-state index contributed by atoms with van der Waals surface area (Å²) >= 11 is 0. The van der Waals surface area contributed by atoms with Crippen molar-refractivity contribution in [3.8, 4) is 0 Å². The van der Waals surface area contributed by atoms with E-state index in [1.165, 1.54) is 5.56 Å². The summed E-state index contributed by atoms with van der Waals surface area (Å²) in [5.41, 5.74) is 1.53. The van der Waals surface area contributed by atoms with E-state index in [9.17, 15) is 9.59 Å². The molecule has 2 aromatic rings. The highest BCUT2D eigenvalue weighted by atomic mass is 16.5. The normalized spacial score (nSPS) is 23.5. The molecule has 0 spiro atoms. The quantitative estimate of drug-likeness (QED) is 0.852. The van der Waals surface area contributed by atoms with Gasteiger partial charge in [0.05, 0.1) is 6.10 Å². The average Bonchev–Trinajstić information content (AvgIpc) is 3.01. The predicted molar refractivity (Wildman–Crippen MR) is 102 cm³/mol. The maximum absolute atomic E-state index is 12.6. The molecule has 0 unspecified atom stereocenters. The first-order valence-corrected chi connectivity index (χ1v) is 9.72. The Hall–Kier alpha value is -2.40. The van der Waals surface area contributed by atoms with Gasteiger partial charge in [0, 0.05) is 25.0 Å². The van der Waals surface area contributed by atoms with Crippen molar-refractivity contribution in [1.82, 2.24) is 5.32 Å². The van der Waals surface area contributed by atoms with Gasteiger partial charge in [-0.15, -0.1) is 0 Å². The molecule has 2 fully saturated rings. The van der Waals surface area contributed by atoms with Crippen LogP contribution in [-0.2, 0) is 17.6 Å². The maximum atomic E-state index is 12.6. The molecule has 5 heteroatoms. The van der Waals surface area contributed by atoms with Crippen LogP contribution in [0.1, 0.15) is 46.5 Å². The van der Waals surface area contributed by atoms with Gasteiger partial charge in [-0.2, -0.15) is 0 Å². The lowest BCUT2D eigenvalue weighted by atomic mass is 9.76. The largest absolute Gasteiger partial charge is 0.427 e. The van der Waals surface area contributed by atoms with E-state index >= 15 is 0 Å². The molecule has 27 heavy (non-hydrogen) atoms. The summed E-state index contributed by atoms with van der Waals surface area (Å²) in [6.07, 6.45) is 4.58. The standard InChI is InChI=1S/C22H25NO4/c1-14-12-16(9-5-8-15-6-3-2-4-7-15)27-22(25)20(14)21(24)23-18-13-19-17(18)10-11-26-19/h2-4,6-7,12,17-19H,5,8-11,13H2,1H3,(H,23,24)/t17-,18+,19+/m0/s1. The average molecular weight is 367 g/mol. The highest BCUT2D eigenvalue weighted by Gasteiger charge is 2.46. The van der Waals surface area contributed by atoms with E-state index in [0.717, 1.165) is 32.3 Å². The number of amides is 1. The number of ether oxygens (including phenoxy) is 1. The van der Waals surface area contributed by atoms with Crippen molar-refractivity contribution in [2.45, 2.75) is 51.2 Å². The number of nitrogens with one attached hydrogen (secondary N) is 1. The molecule has 1 saturated carbocycles. The third-order valence-electron chi connectivity index (χ3n) is 5.74. The zero-order chi connectivity index (χ0) is 18.8. The number of fused-ring (bicyclic) bond motifs is 1. The van der Waals surface area contributed by atoms with Crippen LogP contribution in [0.15, 0.2) is 45.6 Å². The van der Waals surface area contributed by atoms with E-state index < -0.39 is 5.63 Å². The lowest BCUT2D eigenvalue weighted by Crippen LogP contribution is -2.54. The predicted octanol–water partition coefficient (Wildman–Crippen LogP) is 3.03. The molecule has 1 N–H and O–H groups in total. The van der Waals surface area contributed by atoms with Crippen LogP contribution >= 0.6 is 0 Å². The van der Waals surface area contributed by atoms with E-state index in [4.69, 9.17) is 9.15 Å². The number of carbonyl (C=O) groups excluding carboxylic acids is 1. The van der Waals surface area contributed by atoms with Gasteiger partial charge in [-0.25, -0.2) is 4.79 Å². The Bertz CT molecular complexity index is 874. The number of carbonyl (C=O) groups is 1. The highest BCUT2D eigenvalue weighted by Crippen LogP contribution is 2.38. The summed E-state index contributed by atoms with van der Waals surface area (Å²) in [5, 5.41) is 2.99. The number of hydrogen-bond donors (Lipinski definition) is 1. The van der Waals surface area contributed by atoms with Crippen molar-refractivity contribution in [3.05, 3.63) is 69.3 Å². The van der Waals surface area contributed by atoms with Crippen LogP contribution < -0.4 is 10.9 Å². The Morgan fingerprint density at radius 1 is 1.22 bits per heavy atom. The minimum Gasteiger partial charge on any atom is -0.427 e. The zero-order valence-corrected chi connectivity index (χ0v) is 15.6. The highest BCUT2D eigenvalue weighted by molar-refractivity contribution is 5.95. The molecule has 3 atom stereocenters. The van der Waals surface area contributed by atoms with Gasteiger partial charge >= 0.3 is 5.63 Å². The van der Waals surface area contributed by atoms with Crippen LogP contribution in [0.25, 0.3) is 0 Å². The smallest absolute Gasteiger partial charge is 0.349 e. The van der Waals surface area contributed by atoms with Crippen molar-refractivity contribution < 1.29 is 13.9 Å². The molecule has 2 aliphatic rings. The molecule has 142 valence electrons. The van der Waals surface area contributed by atoms with Gasteiger partial charge in [-0.3, -0.25) is 4.79 Å². The van der Waals surface area contributed by atoms with E-state index in [1.807, 2.05) is 24.3 Å². The third-order valence-corrected chi connectivity index (χ3v) is 5.74. The Kier molecular flexibility index (Phi) is 5.12. The molecule has 1 aromatic carbocycles. The van der Waals surface area contributed by atoms with Gasteiger partial charge < -0.3 is 14.5 Å². The molecule has 2 heterocycles. The summed E-state index contributed by atoms with van der Waals surface area (Å²) in [5.74, 6) is 0.698. The molecule has 1 aromatic heterocycles. The second-order valence-corrected chi connectivity index (χ2v) is 7.57. The fourth-order valence-electron chi connectivity index (χ4n) is 4.18. The molecule has 1 aliphatic heterocycles. The Balaban J connectivity index is 1.38. The number of rotatable bonds is 6. The summed E-state index contributed by atoms with van der Waals surface area (Å²) in [6.45, 7) is 2.56. The van der Waals surface area contributed by atoms with Gasteiger partial charge in [-0.1, -0.05) is 30.3 Å². The van der Waals surface area contributed by atoms with E-state index in [0.29, 0.717) is 23.7 Å². The monoisotopic (exact) mass is 367 g/mol. The maximum Gasteiger partial charge on any atom is 0.349 e. The fourth-order valence-corrected chi connectivity index (χ4v) is 4.18. The first kappa shape index (κ1) is 18.0. The minimum atomic E-state index is -0.541. The number of benzene rings is 1. The second-order valence-electron chi connectivity index (χ2n) is 7.57. The summed E-state index contributed by atoms with van der Waals surface area (Å²) < 4.78 is 11.0. The molecular weight excluding hydrogens is 342 g/mol. The molecule has 0 radical (unpaired) electrons. The Morgan fingerprint density at radius 3 is 2.78 bits per heavy atom. The first-order chi connectivity index (χ1) is 13.1. The van der Waals surface area contributed by atoms with Crippen molar-refractivity contribution in [3.63, 3.8) is 0 Å². The number of hydrogen-bond acceptors (Lipinski definition) is 4. The zero-order valence-electron chi connectivity index (χ0n) is 15.6. The first-order valence-electron chi connectivity index (χ1n) is 9.72. The lowest BCUT2D eigenvalue weighted by molar-refractivity contribution is 0.00804. The van der Waals surface area contributed by atoms with Gasteiger partial charge in [0.2, 0.25) is 0 Å². The van der Waals surface area contributed by atoms with Gasteiger partial charge in [0.1, 0.15) is 11.3 Å². The topological polar surface area (TPSA) is 68.5 Å². The lowest BCUT2D eigenvalue weighted by Gasteiger charge is -2.39. The van der Waals surface area contributed by atoms with Crippen molar-refractivity contribution in [2.75, 3.05) is 6.61 Å². The van der Waals surface area contributed by atoms with E-state index in [-0.39, 0.29) is 23.6 Å². The molecule has 0 bridgehead atoms. The van der Waals surface area contributed by atoms with Gasteiger partial charge in [0.15, 0.2) is 0 Å². The van der Waals surface area contributed by atoms with Crippen molar-refractivity contribution in [2.24, 2.45) is 5.92 Å². The van der Waals surface area contributed by atoms with Gasteiger partial charge in [0.25, 0.3) is 5.91 Å². The Morgan fingerprint density at radius 2 is 2.04 bits per heavy atom. The molecule has 5 nitrogen and oxygen atoms in total. The SMILES string of the molecule is Cc1cc(CCCc2ccccc2)oc(=O)c1C(=O)N[C@@H]1C[C@H]2OCC[C@@H]12. The van der Waals surface area contributed by atoms with E-state index in [1.54, 1.807) is 6.92 Å². The Labute approximate surface area is 158 Å². The molecule has 1 aliphatic carbocycles. The molecule has 4 rings (SSSR count). The summed E-state index contributed by atoms with van der Waals surface area (Å²) in [7, 11) is 0. The van der Waals surface area contributed by atoms with Crippen LogP contribution in [0.4, 0.5) is 0 Å². The third kappa shape index (κ3) is 3.83. The van der Waals surface area contributed by atoms with Crippen LogP contribution in [0, 0.1) is 12.8 Å². The molecular formula is C22H25NO4. The van der Waals surface area contributed by atoms with Crippen LogP contribution in [0.5, 0.6) is 0 Å². The number of aryl methyl sites for hydroxylation is 3. The fraction of sp³-hybridized carbons (Fsp3) is 0.455. The van der Waals surface area contributed by atoms with E-state index in [2.05, 4.69) is 17.4 Å². The summed E-state index contributed by atoms with van der Waals surface area (Å²) in [6, 6.07) is 12.2. The second kappa shape index (κ2) is 7.69. The van der Waals surface area contributed by atoms with Crippen molar-refractivity contribution >= 4 is 5.91 Å². The molecule has 1 amide bonds. The van der Waals surface area contributed by atoms with Crippen LogP contribution in [0.3, 0.4) is 0 Å². The summed E-state index contributed by atoms with van der Waals surface area (Å²) in [4.78, 5) is 25.0. The van der Waals surface area contributed by atoms with Gasteiger partial charge in [-0.05, 0) is 49.8 Å². The van der Waals surface area contributed by atoms with Crippen LogP contribution in [-0.4, -0.2) is 24.7 Å². The van der Waals surface area contributed by atoms with Crippen molar-refractivity contribution in [1.29, 1.82) is 0 Å². The molecule has 1 saturated heterocycles. The van der Waals surface area contributed by atoms with Crippen LogP contribution in [0.2, 0.25) is 0 Å².